The number of hydrogen-bond acceptors (Lipinski definition) is 4. The summed E-state index contributed by atoms with van der Waals surface area (Å²) in [6.45, 7) is 11.5. The molecule has 106 valence electrons. The van der Waals surface area contributed by atoms with Crippen LogP contribution in [-0.2, 0) is 11.8 Å². The largest absolute Gasteiger partial charge is 0.314 e. The van der Waals surface area contributed by atoms with E-state index in [9.17, 15) is 0 Å². The van der Waals surface area contributed by atoms with E-state index in [0.29, 0.717) is 11.5 Å². The highest BCUT2D eigenvalue weighted by Crippen LogP contribution is 2.43. The second kappa shape index (κ2) is 5.15. The Labute approximate surface area is 120 Å². The molecule has 1 aromatic heterocycles. The number of rotatable bonds is 3. The van der Waals surface area contributed by atoms with Gasteiger partial charge in [-0.1, -0.05) is 20.8 Å². The van der Waals surface area contributed by atoms with Gasteiger partial charge in [-0.25, -0.2) is 4.98 Å². The van der Waals surface area contributed by atoms with Gasteiger partial charge in [0, 0.05) is 36.5 Å². The Morgan fingerprint density at radius 2 is 2.11 bits per heavy atom. The SMILES string of the molecule is CCC(c1nc2c(s1)CCC2(C)C)N1CCNCC1. The molecule has 0 amide bonds. The molecule has 3 nitrogen and oxygen atoms in total. The van der Waals surface area contributed by atoms with Gasteiger partial charge in [0.2, 0.25) is 0 Å². The minimum absolute atomic E-state index is 0.297. The molecule has 0 bridgehead atoms. The Bertz CT molecular complexity index is 446. The number of aromatic nitrogens is 1. The molecule has 1 unspecified atom stereocenters. The molecule has 0 saturated carbocycles. The molecule has 1 atom stereocenters. The number of fused-ring (bicyclic) bond motifs is 1. The number of piperazine rings is 1. The van der Waals surface area contributed by atoms with Crippen LogP contribution in [0.4, 0.5) is 0 Å². The highest BCUT2D eigenvalue weighted by atomic mass is 32.1. The van der Waals surface area contributed by atoms with Gasteiger partial charge in [-0.15, -0.1) is 11.3 Å². The van der Waals surface area contributed by atoms with Crippen molar-refractivity contribution in [3.63, 3.8) is 0 Å². The standard InChI is InChI=1S/C15H25N3S/c1-4-11(18-9-7-16-8-10-18)14-17-13-12(19-14)5-6-15(13,2)3/h11,16H,4-10H2,1-3H3. The average molecular weight is 279 g/mol. The maximum absolute atomic E-state index is 5.05. The quantitative estimate of drug-likeness (QED) is 0.922. The fourth-order valence-corrected chi connectivity index (χ4v) is 4.80. The van der Waals surface area contributed by atoms with Gasteiger partial charge in [0.05, 0.1) is 11.7 Å². The van der Waals surface area contributed by atoms with E-state index in [0.717, 1.165) is 26.2 Å². The number of nitrogens with one attached hydrogen (secondary N) is 1. The van der Waals surface area contributed by atoms with Crippen molar-refractivity contribution in [2.45, 2.75) is 51.5 Å². The van der Waals surface area contributed by atoms with Crippen molar-refractivity contribution >= 4 is 11.3 Å². The molecule has 1 N–H and O–H groups in total. The van der Waals surface area contributed by atoms with Crippen LogP contribution in [0.2, 0.25) is 0 Å². The van der Waals surface area contributed by atoms with E-state index in [4.69, 9.17) is 4.98 Å². The Balaban J connectivity index is 1.84. The molecule has 1 saturated heterocycles. The van der Waals surface area contributed by atoms with Crippen molar-refractivity contribution in [3.05, 3.63) is 15.6 Å². The van der Waals surface area contributed by atoms with Crippen LogP contribution in [0.25, 0.3) is 0 Å². The van der Waals surface area contributed by atoms with E-state index >= 15 is 0 Å². The zero-order valence-corrected chi connectivity index (χ0v) is 13.1. The molecule has 2 heterocycles. The third kappa shape index (κ3) is 2.46. The molecule has 1 aromatic rings. The van der Waals surface area contributed by atoms with Gasteiger partial charge in [-0.05, 0) is 19.3 Å². The minimum atomic E-state index is 0.297. The molecular weight excluding hydrogens is 254 g/mol. The molecular formula is C15H25N3S. The molecule has 1 aliphatic heterocycles. The predicted molar refractivity (Wildman–Crippen MR) is 80.9 cm³/mol. The molecule has 19 heavy (non-hydrogen) atoms. The van der Waals surface area contributed by atoms with Gasteiger partial charge < -0.3 is 5.32 Å². The zero-order valence-electron chi connectivity index (χ0n) is 12.3. The van der Waals surface area contributed by atoms with Crippen LogP contribution < -0.4 is 5.32 Å². The van der Waals surface area contributed by atoms with Crippen LogP contribution in [0, 0.1) is 0 Å². The monoisotopic (exact) mass is 279 g/mol. The summed E-state index contributed by atoms with van der Waals surface area (Å²) in [4.78, 5) is 9.20. The van der Waals surface area contributed by atoms with E-state index < -0.39 is 0 Å². The fourth-order valence-electron chi connectivity index (χ4n) is 3.34. The molecule has 1 aliphatic carbocycles. The van der Waals surface area contributed by atoms with E-state index in [2.05, 4.69) is 31.0 Å². The summed E-state index contributed by atoms with van der Waals surface area (Å²) >= 11 is 1.98. The van der Waals surface area contributed by atoms with Crippen molar-refractivity contribution in [2.75, 3.05) is 26.2 Å². The van der Waals surface area contributed by atoms with Crippen LogP contribution in [0.3, 0.4) is 0 Å². The summed E-state index contributed by atoms with van der Waals surface area (Å²) in [5.41, 5.74) is 1.69. The Morgan fingerprint density at radius 3 is 2.74 bits per heavy atom. The second-order valence-electron chi connectivity index (χ2n) is 6.42. The second-order valence-corrected chi connectivity index (χ2v) is 7.53. The van der Waals surface area contributed by atoms with Crippen molar-refractivity contribution in [2.24, 2.45) is 0 Å². The van der Waals surface area contributed by atoms with E-state index in [1.807, 2.05) is 11.3 Å². The van der Waals surface area contributed by atoms with Gasteiger partial charge in [0.15, 0.2) is 0 Å². The Morgan fingerprint density at radius 1 is 1.37 bits per heavy atom. The topological polar surface area (TPSA) is 28.2 Å². The zero-order chi connectivity index (χ0) is 13.5. The van der Waals surface area contributed by atoms with Gasteiger partial charge in [0.25, 0.3) is 0 Å². The fraction of sp³-hybridized carbons (Fsp3) is 0.800. The first-order valence-corrected chi connectivity index (χ1v) is 8.38. The lowest BCUT2D eigenvalue weighted by atomic mass is 9.91. The van der Waals surface area contributed by atoms with Crippen molar-refractivity contribution in [1.29, 1.82) is 0 Å². The molecule has 4 heteroatoms. The average Bonchev–Trinajstić information content (AvgIpc) is 2.94. The number of aryl methyl sites for hydroxylation is 1. The van der Waals surface area contributed by atoms with E-state index in [1.54, 1.807) is 4.88 Å². The summed E-state index contributed by atoms with van der Waals surface area (Å²) in [5, 5.41) is 4.80. The first-order chi connectivity index (χ1) is 9.12. The summed E-state index contributed by atoms with van der Waals surface area (Å²) in [6.07, 6.45) is 3.68. The number of thiazole rings is 1. The highest BCUT2D eigenvalue weighted by molar-refractivity contribution is 7.11. The molecule has 0 radical (unpaired) electrons. The lowest BCUT2D eigenvalue weighted by molar-refractivity contribution is 0.169. The number of nitrogens with zero attached hydrogens (tertiary/aromatic N) is 2. The minimum Gasteiger partial charge on any atom is -0.314 e. The van der Waals surface area contributed by atoms with Crippen molar-refractivity contribution < 1.29 is 0 Å². The van der Waals surface area contributed by atoms with E-state index in [-0.39, 0.29) is 0 Å². The Hall–Kier alpha value is -0.450. The first kappa shape index (κ1) is 13.5. The maximum Gasteiger partial charge on any atom is 0.110 e. The van der Waals surface area contributed by atoms with Crippen LogP contribution in [0.5, 0.6) is 0 Å². The van der Waals surface area contributed by atoms with Crippen LogP contribution in [-0.4, -0.2) is 36.1 Å². The Kier molecular flexibility index (Phi) is 3.67. The normalized spacial score (nSPS) is 24.4. The smallest absolute Gasteiger partial charge is 0.110 e. The summed E-state index contributed by atoms with van der Waals surface area (Å²) in [6, 6.07) is 0.536. The molecule has 3 rings (SSSR count). The summed E-state index contributed by atoms with van der Waals surface area (Å²) in [5.74, 6) is 0. The number of hydrogen-bond donors (Lipinski definition) is 1. The van der Waals surface area contributed by atoms with Gasteiger partial charge >= 0.3 is 0 Å². The van der Waals surface area contributed by atoms with Gasteiger partial charge in [-0.3, -0.25) is 4.90 Å². The van der Waals surface area contributed by atoms with E-state index in [1.165, 1.54) is 30.0 Å². The van der Waals surface area contributed by atoms with Crippen molar-refractivity contribution in [1.82, 2.24) is 15.2 Å². The lowest BCUT2D eigenvalue weighted by Gasteiger charge is -2.33. The summed E-state index contributed by atoms with van der Waals surface area (Å²) in [7, 11) is 0. The summed E-state index contributed by atoms with van der Waals surface area (Å²) < 4.78 is 0. The third-order valence-corrected chi connectivity index (χ3v) is 5.81. The molecule has 2 aliphatic rings. The van der Waals surface area contributed by atoms with Crippen molar-refractivity contribution in [3.8, 4) is 0 Å². The van der Waals surface area contributed by atoms with Crippen LogP contribution >= 0.6 is 11.3 Å². The highest BCUT2D eigenvalue weighted by Gasteiger charge is 2.35. The van der Waals surface area contributed by atoms with Crippen LogP contribution in [0.15, 0.2) is 0 Å². The molecule has 1 fully saturated rings. The lowest BCUT2D eigenvalue weighted by Crippen LogP contribution is -2.45. The first-order valence-electron chi connectivity index (χ1n) is 7.56. The third-order valence-electron chi connectivity index (χ3n) is 4.60. The van der Waals surface area contributed by atoms with Gasteiger partial charge in [0.1, 0.15) is 5.01 Å². The van der Waals surface area contributed by atoms with Gasteiger partial charge in [-0.2, -0.15) is 0 Å². The van der Waals surface area contributed by atoms with Crippen LogP contribution in [0.1, 0.15) is 55.2 Å². The molecule has 0 aromatic carbocycles. The maximum atomic E-state index is 5.05. The predicted octanol–water partition coefficient (Wildman–Crippen LogP) is 2.72. The molecule has 0 spiro atoms.